The molecular weight excluding hydrogens is 476 g/mol. The quantitative estimate of drug-likeness (QED) is 0.525. The summed E-state index contributed by atoms with van der Waals surface area (Å²) in [6.07, 6.45) is 0. The number of rotatable bonds is 6. The van der Waals surface area contributed by atoms with E-state index in [1.807, 2.05) is 0 Å². The molecule has 0 spiro atoms. The van der Waals surface area contributed by atoms with Crippen molar-refractivity contribution < 1.29 is 18.7 Å². The molecule has 0 aliphatic heterocycles. The minimum atomic E-state index is -0.937. The number of imide groups is 1. The number of halogens is 2. The van der Waals surface area contributed by atoms with Crippen LogP contribution in [0.4, 0.5) is 5.69 Å². The zero-order valence-electron chi connectivity index (χ0n) is 15.9. The average Bonchev–Trinajstić information content (AvgIpc) is 2.75. The number of carbonyl (C=O) groups excluding carboxylic acids is 2. The summed E-state index contributed by atoms with van der Waals surface area (Å²) in [6.45, 7) is 1.74. The Morgan fingerprint density at radius 2 is 1.90 bits per heavy atom. The third kappa shape index (κ3) is 4.40. The van der Waals surface area contributed by atoms with E-state index >= 15 is 0 Å². The molecule has 0 saturated carbocycles. The van der Waals surface area contributed by atoms with Crippen molar-refractivity contribution in [2.75, 3.05) is 16.8 Å². The standard InChI is InChI=1S/C21H18BrClN2O5/c1-12(24)18(26)25(19(27)13-5-3-2-4-6-13)14-7-8-15-16(11-14)20(28)30-21(17(15)23)29-10-9-22/h2-8,11-12H,9-10,24H2,1H3/t12-/m0/s1. The van der Waals surface area contributed by atoms with Gasteiger partial charge in [0.25, 0.3) is 11.8 Å². The van der Waals surface area contributed by atoms with Gasteiger partial charge in [-0.3, -0.25) is 9.59 Å². The van der Waals surface area contributed by atoms with E-state index < -0.39 is 23.5 Å². The number of fused-ring (bicyclic) bond motifs is 1. The van der Waals surface area contributed by atoms with Crippen molar-refractivity contribution in [1.82, 2.24) is 0 Å². The van der Waals surface area contributed by atoms with Gasteiger partial charge in [0.15, 0.2) is 0 Å². The molecule has 0 aliphatic carbocycles. The van der Waals surface area contributed by atoms with Crippen LogP contribution in [0, 0.1) is 0 Å². The highest BCUT2D eigenvalue weighted by atomic mass is 79.9. The third-order valence-corrected chi connectivity index (χ3v) is 4.91. The first-order valence-corrected chi connectivity index (χ1v) is 10.5. The predicted molar refractivity (Wildman–Crippen MR) is 119 cm³/mol. The molecule has 1 heterocycles. The van der Waals surface area contributed by atoms with Gasteiger partial charge in [-0.15, -0.1) is 0 Å². The summed E-state index contributed by atoms with van der Waals surface area (Å²) >= 11 is 9.53. The van der Waals surface area contributed by atoms with Gasteiger partial charge >= 0.3 is 11.6 Å². The minimum Gasteiger partial charge on any atom is -0.463 e. The lowest BCUT2D eigenvalue weighted by Crippen LogP contribution is -2.45. The second kappa shape index (κ2) is 9.42. The summed E-state index contributed by atoms with van der Waals surface area (Å²) in [5.41, 5.74) is 5.53. The Balaban J connectivity index is 2.13. The molecule has 0 radical (unpaired) electrons. The first kappa shape index (κ1) is 22.0. The molecule has 3 rings (SSSR count). The van der Waals surface area contributed by atoms with Crippen molar-refractivity contribution in [2.45, 2.75) is 13.0 Å². The van der Waals surface area contributed by atoms with Crippen molar-refractivity contribution >= 4 is 55.8 Å². The molecule has 156 valence electrons. The largest absolute Gasteiger partial charge is 0.463 e. The maximum atomic E-state index is 13.0. The van der Waals surface area contributed by atoms with Crippen molar-refractivity contribution in [3.8, 4) is 5.95 Å². The summed E-state index contributed by atoms with van der Waals surface area (Å²) < 4.78 is 10.5. The lowest BCUT2D eigenvalue weighted by atomic mass is 10.1. The molecular formula is C21H18BrClN2O5. The van der Waals surface area contributed by atoms with Gasteiger partial charge in [0.1, 0.15) is 11.6 Å². The number of hydrogen-bond donors (Lipinski definition) is 1. The lowest BCUT2D eigenvalue weighted by Gasteiger charge is -2.23. The summed E-state index contributed by atoms with van der Waals surface area (Å²) in [5.74, 6) is -1.27. The molecule has 2 aromatic carbocycles. The Morgan fingerprint density at radius 3 is 2.53 bits per heavy atom. The minimum absolute atomic E-state index is 0.0924. The molecule has 0 bridgehead atoms. The Kier molecular flexibility index (Phi) is 6.91. The van der Waals surface area contributed by atoms with E-state index in [9.17, 15) is 14.4 Å². The molecule has 9 heteroatoms. The topological polar surface area (TPSA) is 103 Å². The molecule has 1 atom stereocenters. The number of ether oxygens (including phenoxy) is 1. The maximum absolute atomic E-state index is 13.0. The number of hydrogen-bond acceptors (Lipinski definition) is 6. The van der Waals surface area contributed by atoms with E-state index in [2.05, 4.69) is 15.9 Å². The first-order chi connectivity index (χ1) is 14.3. The zero-order chi connectivity index (χ0) is 21.8. The van der Waals surface area contributed by atoms with Crippen LogP contribution in [0.1, 0.15) is 17.3 Å². The molecule has 2 amide bonds. The molecule has 1 aromatic heterocycles. The monoisotopic (exact) mass is 492 g/mol. The number of amides is 2. The van der Waals surface area contributed by atoms with Crippen molar-refractivity contribution in [3.63, 3.8) is 0 Å². The molecule has 0 saturated heterocycles. The molecule has 7 nitrogen and oxygen atoms in total. The van der Waals surface area contributed by atoms with Crippen LogP contribution in [0.5, 0.6) is 5.95 Å². The maximum Gasteiger partial charge on any atom is 0.346 e. The van der Waals surface area contributed by atoms with Crippen LogP contribution in [0.2, 0.25) is 5.02 Å². The third-order valence-electron chi connectivity index (χ3n) is 4.23. The number of benzene rings is 2. The second-order valence-electron chi connectivity index (χ2n) is 6.39. The van der Waals surface area contributed by atoms with Gasteiger partial charge in [0, 0.05) is 16.3 Å². The van der Waals surface area contributed by atoms with Crippen LogP contribution in [0.25, 0.3) is 10.8 Å². The van der Waals surface area contributed by atoms with Crippen LogP contribution >= 0.6 is 27.5 Å². The highest BCUT2D eigenvalue weighted by molar-refractivity contribution is 9.09. The van der Waals surface area contributed by atoms with E-state index in [1.165, 1.54) is 25.1 Å². The van der Waals surface area contributed by atoms with E-state index in [0.717, 1.165) is 4.90 Å². The summed E-state index contributed by atoms with van der Waals surface area (Å²) in [4.78, 5) is 39.2. The fourth-order valence-corrected chi connectivity index (χ4v) is 3.23. The highest BCUT2D eigenvalue weighted by Crippen LogP contribution is 2.33. The van der Waals surface area contributed by atoms with Crippen molar-refractivity contribution in [3.05, 3.63) is 69.5 Å². The molecule has 30 heavy (non-hydrogen) atoms. The Bertz CT molecular complexity index is 1150. The fourth-order valence-electron chi connectivity index (χ4n) is 2.81. The Labute approximate surface area is 185 Å². The summed E-state index contributed by atoms with van der Waals surface area (Å²) in [5, 5.41) is 1.13. The number of carbonyl (C=O) groups is 2. The van der Waals surface area contributed by atoms with Crippen LogP contribution in [0.15, 0.2) is 57.7 Å². The predicted octanol–water partition coefficient (Wildman–Crippen LogP) is 3.74. The van der Waals surface area contributed by atoms with E-state index in [-0.39, 0.29) is 28.6 Å². The van der Waals surface area contributed by atoms with E-state index in [0.29, 0.717) is 16.3 Å². The fraction of sp³-hybridized carbons (Fsp3) is 0.190. The van der Waals surface area contributed by atoms with E-state index in [4.69, 9.17) is 26.5 Å². The molecule has 3 aromatic rings. The van der Waals surface area contributed by atoms with Crippen LogP contribution in [0.3, 0.4) is 0 Å². The van der Waals surface area contributed by atoms with Gasteiger partial charge in [-0.05, 0) is 31.2 Å². The normalized spacial score (nSPS) is 11.9. The van der Waals surface area contributed by atoms with Gasteiger partial charge in [-0.2, -0.15) is 0 Å². The molecule has 0 fully saturated rings. The zero-order valence-corrected chi connectivity index (χ0v) is 18.3. The number of nitrogens with zero attached hydrogens (tertiary/aromatic N) is 1. The molecule has 2 N–H and O–H groups in total. The van der Waals surface area contributed by atoms with Crippen molar-refractivity contribution in [2.24, 2.45) is 5.73 Å². The second-order valence-corrected chi connectivity index (χ2v) is 7.56. The van der Waals surface area contributed by atoms with Crippen molar-refractivity contribution in [1.29, 1.82) is 0 Å². The van der Waals surface area contributed by atoms with Crippen LogP contribution in [-0.4, -0.2) is 29.8 Å². The number of alkyl halides is 1. The van der Waals surface area contributed by atoms with Gasteiger partial charge in [-0.1, -0.05) is 51.8 Å². The van der Waals surface area contributed by atoms with Crippen LogP contribution < -0.4 is 21.0 Å². The van der Waals surface area contributed by atoms with E-state index in [1.54, 1.807) is 30.3 Å². The summed E-state index contributed by atoms with van der Waals surface area (Å²) in [7, 11) is 0. The SMILES string of the molecule is C[C@H](N)C(=O)N(C(=O)c1ccccc1)c1ccc2c(Cl)c(OCCBr)oc(=O)c2c1. The van der Waals surface area contributed by atoms with Gasteiger partial charge < -0.3 is 14.9 Å². The highest BCUT2D eigenvalue weighted by Gasteiger charge is 2.28. The van der Waals surface area contributed by atoms with Crippen LogP contribution in [-0.2, 0) is 4.79 Å². The molecule has 0 unspecified atom stereocenters. The smallest absolute Gasteiger partial charge is 0.346 e. The number of nitrogens with two attached hydrogens (primary N) is 1. The Morgan fingerprint density at radius 1 is 1.20 bits per heavy atom. The van der Waals surface area contributed by atoms with Gasteiger partial charge in [0.05, 0.1) is 17.1 Å². The average molecular weight is 494 g/mol. The number of anilines is 1. The van der Waals surface area contributed by atoms with Gasteiger partial charge in [0.2, 0.25) is 0 Å². The molecule has 0 aliphatic rings. The first-order valence-electron chi connectivity index (χ1n) is 8.99. The Hall–Kier alpha value is -2.68. The summed E-state index contributed by atoms with van der Waals surface area (Å²) in [6, 6.07) is 11.8. The lowest BCUT2D eigenvalue weighted by molar-refractivity contribution is -0.118. The van der Waals surface area contributed by atoms with Gasteiger partial charge in [-0.25, -0.2) is 9.69 Å².